The van der Waals surface area contributed by atoms with Gasteiger partial charge < -0.3 is 30.5 Å². The van der Waals surface area contributed by atoms with Crippen LogP contribution in [0.4, 0.5) is 11.5 Å². The molecule has 3 rings (SSSR count). The molecule has 7 N–H and O–H groups in total. The van der Waals surface area contributed by atoms with Crippen molar-refractivity contribution in [3.63, 3.8) is 0 Å². The maximum atomic E-state index is 11.0. The van der Waals surface area contributed by atoms with Crippen LogP contribution in [0.2, 0.25) is 0 Å². The number of aliphatic carboxylic acids is 2. The summed E-state index contributed by atoms with van der Waals surface area (Å²) >= 11 is 0. The average Bonchev–Trinajstić information content (AvgIpc) is 2.92. The second-order valence-corrected chi connectivity index (χ2v) is 7.66. The highest BCUT2D eigenvalue weighted by Crippen LogP contribution is 2.27. The lowest BCUT2D eigenvalue weighted by atomic mass is 10.2. The van der Waals surface area contributed by atoms with Crippen LogP contribution >= 0.6 is 0 Å². The SMILES string of the molecule is C#Cc1cccc(Nc2ncnc3ccc(OCCCCC(=O)NO)cc23)c1.O=C(O)C(O)C(O)C(=O)O. The summed E-state index contributed by atoms with van der Waals surface area (Å²) in [6, 6.07) is 13.1. The maximum Gasteiger partial charge on any atom is 0.335 e. The quantitative estimate of drug-likeness (QED) is 0.0815. The van der Waals surface area contributed by atoms with Crippen LogP contribution in [0.3, 0.4) is 0 Å². The summed E-state index contributed by atoms with van der Waals surface area (Å²) in [5.74, 6) is 0.0247. The number of unbranched alkanes of at least 4 members (excludes halogenated alkanes) is 1. The summed E-state index contributed by atoms with van der Waals surface area (Å²) in [5.41, 5.74) is 4.02. The van der Waals surface area contributed by atoms with E-state index in [0.29, 0.717) is 31.0 Å². The van der Waals surface area contributed by atoms with E-state index in [1.165, 1.54) is 6.33 Å². The molecule has 0 bridgehead atoms. The highest BCUT2D eigenvalue weighted by molar-refractivity contribution is 5.91. The van der Waals surface area contributed by atoms with Crippen molar-refractivity contribution in [3.8, 4) is 18.1 Å². The lowest BCUT2D eigenvalue weighted by molar-refractivity contribution is -0.165. The number of nitrogens with one attached hydrogen (secondary N) is 2. The second-order valence-electron chi connectivity index (χ2n) is 7.66. The minimum Gasteiger partial charge on any atom is -0.494 e. The lowest BCUT2D eigenvalue weighted by Crippen LogP contribution is -2.39. The third-order valence-electron chi connectivity index (χ3n) is 4.90. The van der Waals surface area contributed by atoms with Crippen molar-refractivity contribution in [1.82, 2.24) is 15.4 Å². The van der Waals surface area contributed by atoms with Crippen LogP contribution in [0.5, 0.6) is 5.75 Å². The number of carboxylic acids is 2. The Balaban J connectivity index is 0.000000432. The van der Waals surface area contributed by atoms with Crippen LogP contribution in [0.15, 0.2) is 48.8 Å². The zero-order valence-electron chi connectivity index (χ0n) is 19.9. The summed E-state index contributed by atoms with van der Waals surface area (Å²) in [6.45, 7) is 0.463. The Hall–Kier alpha value is -4.77. The highest BCUT2D eigenvalue weighted by atomic mass is 16.5. The van der Waals surface area contributed by atoms with E-state index >= 15 is 0 Å². The fourth-order valence-electron chi connectivity index (χ4n) is 2.95. The smallest absolute Gasteiger partial charge is 0.335 e. The molecule has 1 heterocycles. The van der Waals surface area contributed by atoms with Crippen LogP contribution in [-0.4, -0.2) is 72.3 Å². The Labute approximate surface area is 216 Å². The minimum atomic E-state index is -2.27. The van der Waals surface area contributed by atoms with E-state index in [-0.39, 0.29) is 6.42 Å². The molecule has 0 spiro atoms. The van der Waals surface area contributed by atoms with Crippen LogP contribution in [0, 0.1) is 12.3 Å². The number of anilines is 2. The standard InChI is InChI=1S/C21H20N4O3.C4H6O6/c1-2-15-6-5-7-16(12-15)24-21-18-13-17(9-10-19(18)22-14-23-21)28-11-4-3-8-20(26)25-27;5-1(3(7)8)2(6)4(9)10/h1,5-7,9-10,12-14,27H,3-4,8,11H2,(H,25,26)(H,22,23,24);1-2,5-6H,(H,7,8)(H,9,10). The third-order valence-corrected chi connectivity index (χ3v) is 4.90. The van der Waals surface area contributed by atoms with Crippen molar-refractivity contribution in [2.75, 3.05) is 11.9 Å². The number of hydrogen-bond donors (Lipinski definition) is 7. The molecule has 0 aliphatic carbocycles. The number of benzene rings is 2. The molecule has 2 atom stereocenters. The Morgan fingerprint density at radius 1 is 1.00 bits per heavy atom. The van der Waals surface area contributed by atoms with E-state index in [4.69, 9.17) is 36.8 Å². The molecular weight excluding hydrogens is 500 g/mol. The van der Waals surface area contributed by atoms with Gasteiger partial charge in [0.15, 0.2) is 12.2 Å². The molecule has 200 valence electrons. The molecule has 0 saturated carbocycles. The molecule has 2 aromatic carbocycles. The molecular formula is C25H26N4O9. The van der Waals surface area contributed by atoms with Gasteiger partial charge in [-0.25, -0.2) is 25.0 Å². The molecule has 0 saturated heterocycles. The van der Waals surface area contributed by atoms with Gasteiger partial charge in [0.05, 0.1) is 12.1 Å². The van der Waals surface area contributed by atoms with E-state index in [0.717, 1.165) is 22.2 Å². The normalized spacial score (nSPS) is 11.7. The van der Waals surface area contributed by atoms with Crippen molar-refractivity contribution < 1.29 is 44.8 Å². The Kier molecular flexibility index (Phi) is 11.4. The summed E-state index contributed by atoms with van der Waals surface area (Å²) in [7, 11) is 0. The van der Waals surface area contributed by atoms with Crippen molar-refractivity contribution in [2.24, 2.45) is 0 Å². The highest BCUT2D eigenvalue weighted by Gasteiger charge is 2.29. The molecule has 1 aromatic heterocycles. The number of aliphatic hydroxyl groups is 2. The first kappa shape index (κ1) is 29.5. The van der Waals surface area contributed by atoms with E-state index in [1.54, 1.807) is 5.48 Å². The van der Waals surface area contributed by atoms with Gasteiger partial charge in [-0.15, -0.1) is 6.42 Å². The Morgan fingerprint density at radius 2 is 1.71 bits per heavy atom. The predicted molar refractivity (Wildman–Crippen MR) is 134 cm³/mol. The van der Waals surface area contributed by atoms with Gasteiger partial charge in [-0.05, 0) is 49.2 Å². The van der Waals surface area contributed by atoms with Crippen molar-refractivity contribution >= 4 is 40.3 Å². The molecule has 13 nitrogen and oxygen atoms in total. The molecule has 1 amide bonds. The van der Waals surface area contributed by atoms with Crippen LogP contribution in [0.25, 0.3) is 10.9 Å². The average molecular weight is 527 g/mol. The first-order valence-electron chi connectivity index (χ1n) is 11.1. The predicted octanol–water partition coefficient (Wildman–Crippen LogP) is 1.29. The van der Waals surface area contributed by atoms with Gasteiger partial charge in [-0.1, -0.05) is 12.0 Å². The minimum absolute atomic E-state index is 0.260. The fourth-order valence-corrected chi connectivity index (χ4v) is 2.95. The van der Waals surface area contributed by atoms with Gasteiger partial charge in [0, 0.05) is 23.1 Å². The number of rotatable bonds is 11. The number of carbonyl (C=O) groups is 3. The first-order valence-corrected chi connectivity index (χ1v) is 11.1. The van der Waals surface area contributed by atoms with Crippen molar-refractivity contribution in [1.29, 1.82) is 0 Å². The van der Waals surface area contributed by atoms with Gasteiger partial charge >= 0.3 is 11.9 Å². The van der Waals surface area contributed by atoms with E-state index < -0.39 is 30.1 Å². The van der Waals surface area contributed by atoms with Crippen LogP contribution in [-0.2, 0) is 14.4 Å². The van der Waals surface area contributed by atoms with Gasteiger partial charge in [0.1, 0.15) is 17.9 Å². The van der Waals surface area contributed by atoms with E-state index in [1.807, 2.05) is 42.5 Å². The van der Waals surface area contributed by atoms with Gasteiger partial charge in [-0.2, -0.15) is 0 Å². The summed E-state index contributed by atoms with van der Waals surface area (Å²) < 4.78 is 5.77. The topological polar surface area (TPSA) is 211 Å². The molecule has 13 heteroatoms. The molecule has 38 heavy (non-hydrogen) atoms. The van der Waals surface area contributed by atoms with Crippen LogP contribution in [0.1, 0.15) is 24.8 Å². The largest absolute Gasteiger partial charge is 0.494 e. The number of carboxylic acid groups (broad SMARTS) is 2. The molecule has 2 unspecified atom stereocenters. The monoisotopic (exact) mass is 526 g/mol. The Bertz CT molecular complexity index is 1290. The zero-order valence-corrected chi connectivity index (χ0v) is 19.9. The second kappa shape index (κ2) is 14.7. The number of aromatic nitrogens is 2. The zero-order chi connectivity index (χ0) is 28.1. The summed E-state index contributed by atoms with van der Waals surface area (Å²) in [6.07, 6.45) is 4.01. The first-order chi connectivity index (χ1) is 18.2. The van der Waals surface area contributed by atoms with Gasteiger partial charge in [-0.3, -0.25) is 10.0 Å². The number of terminal acetylenes is 1. The van der Waals surface area contributed by atoms with Gasteiger partial charge in [0.2, 0.25) is 5.91 Å². The lowest BCUT2D eigenvalue weighted by Gasteiger charge is -2.11. The summed E-state index contributed by atoms with van der Waals surface area (Å²) in [4.78, 5) is 39.2. The summed E-state index contributed by atoms with van der Waals surface area (Å²) in [5, 5.41) is 45.1. The molecule has 0 fully saturated rings. The number of hydrogen-bond acceptors (Lipinski definition) is 10. The van der Waals surface area contributed by atoms with Gasteiger partial charge in [0.25, 0.3) is 0 Å². The third kappa shape index (κ3) is 9.03. The number of amides is 1. The van der Waals surface area contributed by atoms with Crippen LogP contribution < -0.4 is 15.5 Å². The number of aliphatic hydroxyl groups excluding tert-OH is 2. The van der Waals surface area contributed by atoms with Crippen molar-refractivity contribution in [2.45, 2.75) is 31.5 Å². The molecule has 3 aromatic rings. The number of carbonyl (C=O) groups excluding carboxylic acids is 1. The van der Waals surface area contributed by atoms with E-state index in [9.17, 15) is 14.4 Å². The number of nitrogens with zero attached hydrogens (tertiary/aromatic N) is 2. The number of fused-ring (bicyclic) bond motifs is 1. The fraction of sp³-hybridized carbons (Fsp3) is 0.240. The number of ether oxygens (including phenoxy) is 1. The molecule has 0 aliphatic rings. The van der Waals surface area contributed by atoms with Crippen molar-refractivity contribution in [3.05, 3.63) is 54.4 Å². The number of hydroxylamine groups is 1. The molecule has 0 aliphatic heterocycles. The molecule has 0 radical (unpaired) electrons. The van der Waals surface area contributed by atoms with E-state index in [2.05, 4.69) is 21.2 Å². The Morgan fingerprint density at radius 3 is 2.34 bits per heavy atom. The maximum absolute atomic E-state index is 11.0.